The first-order valence-corrected chi connectivity index (χ1v) is 15.9. The van der Waals surface area contributed by atoms with Gasteiger partial charge in [0, 0.05) is 16.2 Å². The fraction of sp³-hybridized carbons (Fsp3) is 0.571. The number of hydrogen-bond acceptors (Lipinski definition) is 10. The van der Waals surface area contributed by atoms with Crippen molar-refractivity contribution in [3.05, 3.63) is 26.4 Å². The minimum Gasteiger partial charge on any atom is -0.462 e. The van der Waals surface area contributed by atoms with Crippen molar-refractivity contribution in [1.29, 1.82) is 0 Å². The molecule has 3 N–H and O–H groups in total. The van der Waals surface area contributed by atoms with E-state index >= 15 is 0 Å². The molecule has 1 amide bonds. The van der Waals surface area contributed by atoms with E-state index in [-0.39, 0.29) is 35.3 Å². The van der Waals surface area contributed by atoms with Gasteiger partial charge in [0.05, 0.1) is 35.5 Å². The number of anilines is 2. The predicted octanol–water partition coefficient (Wildman–Crippen LogP) is 6.24. The average molecular weight is 589 g/mol. The molecular weight excluding hydrogens is 553 g/mol. The Balaban J connectivity index is 1.33. The molecule has 0 fully saturated rings. The van der Waals surface area contributed by atoms with Crippen molar-refractivity contribution >= 4 is 67.3 Å². The molecule has 1 aliphatic carbocycles. The van der Waals surface area contributed by atoms with E-state index in [1.807, 2.05) is 0 Å². The number of carbonyl (C=O) groups excluding carboxylic acids is 2. The van der Waals surface area contributed by atoms with Gasteiger partial charge < -0.3 is 20.5 Å². The van der Waals surface area contributed by atoms with Gasteiger partial charge in [0.15, 0.2) is 5.16 Å². The maximum atomic E-state index is 13.1. The minimum atomic E-state index is -0.373. The fourth-order valence-corrected chi connectivity index (χ4v) is 8.49. The number of nitrogens with one attached hydrogen (secondary N) is 1. The van der Waals surface area contributed by atoms with Gasteiger partial charge in [-0.05, 0) is 62.5 Å². The average Bonchev–Trinajstić information content (AvgIpc) is 3.38. The summed E-state index contributed by atoms with van der Waals surface area (Å²) in [5.41, 5.74) is 9.01. The number of nitrogens with two attached hydrogens (primary N) is 1. The molecule has 1 aliphatic heterocycles. The van der Waals surface area contributed by atoms with Crippen LogP contribution in [0.1, 0.15) is 79.2 Å². The number of aromatic nitrogens is 2. The summed E-state index contributed by atoms with van der Waals surface area (Å²) in [6.07, 6.45) is 3.49. The number of fused-ring (bicyclic) bond motifs is 4. The van der Waals surface area contributed by atoms with E-state index in [0.717, 1.165) is 46.3 Å². The molecule has 2 aliphatic rings. The van der Waals surface area contributed by atoms with Crippen LogP contribution < -0.4 is 11.1 Å². The SMILES string of the molecule is CCOC(=O)c1c(NC(=O)CSc2nc(N)c3c4c(sc3n2)COC(C)(C)C4)sc2c1CC[C@@H](C(C)(C)C)C2. The van der Waals surface area contributed by atoms with Gasteiger partial charge in [0.25, 0.3) is 0 Å². The number of thioether (sulfide) groups is 1. The second-order valence-corrected chi connectivity index (χ2v) is 15.0. The van der Waals surface area contributed by atoms with Crippen molar-refractivity contribution in [3.63, 3.8) is 0 Å². The number of nitrogen functional groups attached to an aromatic ring is 1. The summed E-state index contributed by atoms with van der Waals surface area (Å²) in [5, 5.41) is 4.92. The largest absolute Gasteiger partial charge is 0.462 e. The topological polar surface area (TPSA) is 116 Å². The van der Waals surface area contributed by atoms with Crippen LogP contribution in [-0.2, 0) is 40.1 Å². The highest BCUT2D eigenvalue weighted by molar-refractivity contribution is 7.99. The van der Waals surface area contributed by atoms with Crippen LogP contribution in [0, 0.1) is 11.3 Å². The Hall–Kier alpha value is -2.21. The lowest BCUT2D eigenvalue weighted by Crippen LogP contribution is -2.31. The maximum Gasteiger partial charge on any atom is 0.341 e. The molecule has 0 aromatic carbocycles. The number of amides is 1. The first-order chi connectivity index (χ1) is 18.4. The van der Waals surface area contributed by atoms with Gasteiger partial charge in [-0.1, -0.05) is 32.5 Å². The summed E-state index contributed by atoms with van der Waals surface area (Å²) >= 11 is 4.31. The number of carbonyl (C=O) groups is 2. The number of hydrogen-bond donors (Lipinski definition) is 2. The molecule has 0 unspecified atom stereocenters. The Kier molecular flexibility index (Phi) is 7.73. The lowest BCUT2D eigenvalue weighted by Gasteiger charge is -2.33. The van der Waals surface area contributed by atoms with E-state index in [1.54, 1.807) is 18.3 Å². The summed E-state index contributed by atoms with van der Waals surface area (Å²) in [4.78, 5) is 38.3. The first kappa shape index (κ1) is 28.3. The Bertz CT molecular complexity index is 1440. The van der Waals surface area contributed by atoms with Crippen LogP contribution in [0.15, 0.2) is 5.16 Å². The molecule has 5 rings (SSSR count). The van der Waals surface area contributed by atoms with Crippen molar-refractivity contribution in [2.24, 2.45) is 11.3 Å². The molecule has 3 aromatic heterocycles. The van der Waals surface area contributed by atoms with Crippen LogP contribution in [0.2, 0.25) is 0 Å². The van der Waals surface area contributed by atoms with Gasteiger partial charge in [0.2, 0.25) is 5.91 Å². The van der Waals surface area contributed by atoms with Crippen molar-refractivity contribution < 1.29 is 19.1 Å². The van der Waals surface area contributed by atoms with Gasteiger partial charge in [-0.15, -0.1) is 22.7 Å². The zero-order valence-corrected chi connectivity index (χ0v) is 25.8. The van der Waals surface area contributed by atoms with Crippen molar-refractivity contribution in [1.82, 2.24) is 9.97 Å². The summed E-state index contributed by atoms with van der Waals surface area (Å²) in [5.74, 6) is 0.460. The second kappa shape index (κ2) is 10.6. The molecule has 0 saturated carbocycles. The smallest absolute Gasteiger partial charge is 0.341 e. The lowest BCUT2D eigenvalue weighted by atomic mass is 9.72. The second-order valence-electron chi connectivity index (χ2n) is 11.9. The number of ether oxygens (including phenoxy) is 2. The molecule has 39 heavy (non-hydrogen) atoms. The zero-order chi connectivity index (χ0) is 28.1. The number of esters is 1. The standard InChI is InChI=1S/C28H36N4O4S3/c1-7-35-25(34)21-15-9-8-14(27(2,3)4)10-17(15)38-24(21)30-19(33)13-37-26-31-22(29)20-16-11-28(5,6)36-12-18(16)39-23(20)32-26/h14H,7-13H2,1-6H3,(H,30,33)(H2,29,31,32)/t14-/m1/s1. The Labute approximate surface area is 241 Å². The molecule has 0 spiro atoms. The van der Waals surface area contributed by atoms with E-state index in [9.17, 15) is 9.59 Å². The van der Waals surface area contributed by atoms with E-state index < -0.39 is 0 Å². The summed E-state index contributed by atoms with van der Waals surface area (Å²) in [6, 6.07) is 0. The van der Waals surface area contributed by atoms with Crippen LogP contribution in [0.4, 0.5) is 10.8 Å². The maximum absolute atomic E-state index is 13.1. The molecule has 4 heterocycles. The minimum absolute atomic E-state index is 0.0988. The Morgan fingerprint density at radius 2 is 1.97 bits per heavy atom. The first-order valence-electron chi connectivity index (χ1n) is 13.3. The number of nitrogens with zero attached hydrogens (tertiary/aromatic N) is 2. The van der Waals surface area contributed by atoms with Gasteiger partial charge in [-0.3, -0.25) is 4.79 Å². The fourth-order valence-electron chi connectivity index (χ4n) is 5.34. The van der Waals surface area contributed by atoms with E-state index in [0.29, 0.717) is 34.1 Å². The molecule has 210 valence electrons. The molecular formula is C28H36N4O4S3. The van der Waals surface area contributed by atoms with E-state index in [1.165, 1.54) is 33.5 Å². The summed E-state index contributed by atoms with van der Waals surface area (Å²) in [7, 11) is 0. The summed E-state index contributed by atoms with van der Waals surface area (Å²) < 4.78 is 11.3. The number of thiophene rings is 2. The van der Waals surface area contributed by atoms with Crippen LogP contribution in [0.5, 0.6) is 0 Å². The lowest BCUT2D eigenvalue weighted by molar-refractivity contribution is -0.113. The summed E-state index contributed by atoms with van der Waals surface area (Å²) in [6.45, 7) is 13.5. The number of rotatable bonds is 6. The Morgan fingerprint density at radius 1 is 1.21 bits per heavy atom. The third kappa shape index (κ3) is 5.82. The van der Waals surface area contributed by atoms with Gasteiger partial charge in [0.1, 0.15) is 15.6 Å². The van der Waals surface area contributed by atoms with Crippen LogP contribution in [0.25, 0.3) is 10.2 Å². The van der Waals surface area contributed by atoms with Crippen LogP contribution in [-0.4, -0.2) is 39.8 Å². The highest BCUT2D eigenvalue weighted by Gasteiger charge is 2.35. The van der Waals surface area contributed by atoms with Crippen LogP contribution >= 0.6 is 34.4 Å². The van der Waals surface area contributed by atoms with E-state index in [4.69, 9.17) is 20.2 Å². The highest BCUT2D eigenvalue weighted by atomic mass is 32.2. The molecule has 8 nitrogen and oxygen atoms in total. The van der Waals surface area contributed by atoms with Crippen molar-refractivity contribution in [2.45, 2.75) is 84.6 Å². The monoisotopic (exact) mass is 588 g/mol. The third-order valence-electron chi connectivity index (χ3n) is 7.49. The molecule has 11 heteroatoms. The molecule has 3 aromatic rings. The van der Waals surface area contributed by atoms with Gasteiger partial charge in [-0.2, -0.15) is 0 Å². The molecule has 1 atom stereocenters. The quantitative estimate of drug-likeness (QED) is 0.197. The van der Waals surface area contributed by atoms with Crippen molar-refractivity contribution in [2.75, 3.05) is 23.4 Å². The molecule has 0 radical (unpaired) electrons. The van der Waals surface area contributed by atoms with E-state index in [2.05, 4.69) is 44.9 Å². The molecule has 0 bridgehead atoms. The Morgan fingerprint density at radius 3 is 2.69 bits per heavy atom. The normalized spacial score (nSPS) is 18.5. The van der Waals surface area contributed by atoms with Crippen molar-refractivity contribution in [3.8, 4) is 0 Å². The third-order valence-corrected chi connectivity index (χ3v) is 10.6. The molecule has 0 saturated heterocycles. The zero-order valence-electron chi connectivity index (χ0n) is 23.4. The highest BCUT2D eigenvalue weighted by Crippen LogP contribution is 2.45. The van der Waals surface area contributed by atoms with Crippen LogP contribution in [0.3, 0.4) is 0 Å². The predicted molar refractivity (Wildman–Crippen MR) is 159 cm³/mol. The van der Waals surface area contributed by atoms with Gasteiger partial charge in [-0.25, -0.2) is 14.8 Å². The van der Waals surface area contributed by atoms with Gasteiger partial charge >= 0.3 is 5.97 Å².